The second kappa shape index (κ2) is 2.69. The van der Waals surface area contributed by atoms with Crippen molar-refractivity contribution in [1.82, 2.24) is 9.97 Å². The lowest BCUT2D eigenvalue weighted by atomic mass is 10.3. The van der Waals surface area contributed by atoms with Gasteiger partial charge in [-0.2, -0.15) is 9.37 Å². The van der Waals surface area contributed by atoms with Crippen molar-refractivity contribution < 1.29 is 4.39 Å². The maximum atomic E-state index is 12.5. The molecule has 0 unspecified atom stereocenters. The molecule has 0 saturated carbocycles. The number of aryl methyl sites for hydroxylation is 1. The first-order chi connectivity index (χ1) is 5.15. The summed E-state index contributed by atoms with van der Waals surface area (Å²) in [5.74, 6) is 0.329. The predicted molar refractivity (Wildman–Crippen MR) is 40.7 cm³/mol. The maximum Gasteiger partial charge on any atom is 0.310 e. The fourth-order valence-corrected chi connectivity index (χ4v) is 0.738. The standard InChI is InChI=1S/C6H9FN4/c1-3-4(8)5(9-2)11-6(7)10-3/h8H2,1-2H3,(H,9,10,11). The van der Waals surface area contributed by atoms with E-state index in [1.807, 2.05) is 0 Å². The Hall–Kier alpha value is -1.39. The number of aromatic nitrogens is 2. The highest BCUT2D eigenvalue weighted by Gasteiger charge is 2.05. The van der Waals surface area contributed by atoms with Crippen LogP contribution in [-0.2, 0) is 0 Å². The number of rotatable bonds is 1. The van der Waals surface area contributed by atoms with Crippen LogP contribution >= 0.6 is 0 Å². The van der Waals surface area contributed by atoms with E-state index in [1.54, 1.807) is 14.0 Å². The molecule has 0 amide bonds. The summed E-state index contributed by atoms with van der Waals surface area (Å²) in [7, 11) is 1.62. The minimum absolute atomic E-state index is 0.329. The molecule has 0 bridgehead atoms. The SMILES string of the molecule is CNc1nc(F)nc(C)c1N. The average Bonchev–Trinajstić information content (AvgIpc) is 1.96. The fourth-order valence-electron chi connectivity index (χ4n) is 0.738. The van der Waals surface area contributed by atoms with Crippen LogP contribution in [0.2, 0.25) is 0 Å². The molecule has 1 aromatic rings. The van der Waals surface area contributed by atoms with E-state index in [4.69, 9.17) is 5.73 Å². The lowest BCUT2D eigenvalue weighted by Crippen LogP contribution is -2.05. The molecule has 0 atom stereocenters. The lowest BCUT2D eigenvalue weighted by molar-refractivity contribution is 0.537. The minimum Gasteiger partial charge on any atom is -0.394 e. The van der Waals surface area contributed by atoms with Gasteiger partial charge in [0, 0.05) is 7.05 Å². The summed E-state index contributed by atoms with van der Waals surface area (Å²) in [5, 5.41) is 2.66. The molecule has 0 radical (unpaired) electrons. The quantitative estimate of drug-likeness (QED) is 0.583. The highest BCUT2D eigenvalue weighted by molar-refractivity contribution is 5.62. The number of anilines is 2. The summed E-state index contributed by atoms with van der Waals surface area (Å²) in [6.45, 7) is 1.63. The molecule has 1 heterocycles. The van der Waals surface area contributed by atoms with Gasteiger partial charge in [-0.3, -0.25) is 0 Å². The Morgan fingerprint density at radius 2 is 2.09 bits per heavy atom. The van der Waals surface area contributed by atoms with Crippen molar-refractivity contribution in [3.05, 3.63) is 11.8 Å². The molecule has 0 aliphatic rings. The third-order valence-electron chi connectivity index (χ3n) is 1.35. The lowest BCUT2D eigenvalue weighted by Gasteiger charge is -2.04. The van der Waals surface area contributed by atoms with Crippen LogP contribution in [0.15, 0.2) is 0 Å². The summed E-state index contributed by atoms with van der Waals surface area (Å²) in [4.78, 5) is 6.88. The smallest absolute Gasteiger partial charge is 0.310 e. The van der Waals surface area contributed by atoms with E-state index in [-0.39, 0.29) is 0 Å². The molecule has 60 valence electrons. The second-order valence-electron chi connectivity index (χ2n) is 2.09. The Labute approximate surface area is 63.7 Å². The molecular weight excluding hydrogens is 147 g/mol. The molecule has 1 rings (SSSR count). The van der Waals surface area contributed by atoms with Gasteiger partial charge in [0.15, 0.2) is 5.82 Å². The Morgan fingerprint density at radius 1 is 1.45 bits per heavy atom. The molecule has 4 nitrogen and oxygen atoms in total. The monoisotopic (exact) mass is 156 g/mol. The van der Waals surface area contributed by atoms with Crippen molar-refractivity contribution >= 4 is 11.5 Å². The van der Waals surface area contributed by atoms with E-state index in [0.717, 1.165) is 0 Å². The van der Waals surface area contributed by atoms with Gasteiger partial charge in [0.1, 0.15) is 0 Å². The van der Waals surface area contributed by atoms with Crippen molar-refractivity contribution in [2.45, 2.75) is 6.92 Å². The third kappa shape index (κ3) is 1.36. The fraction of sp³-hybridized carbons (Fsp3) is 0.333. The molecule has 0 aliphatic carbocycles. The largest absolute Gasteiger partial charge is 0.394 e. The molecule has 5 heteroatoms. The Morgan fingerprint density at radius 3 is 2.64 bits per heavy atom. The molecule has 0 aliphatic heterocycles. The summed E-state index contributed by atoms with van der Waals surface area (Å²) < 4.78 is 12.5. The van der Waals surface area contributed by atoms with E-state index < -0.39 is 6.08 Å². The van der Waals surface area contributed by atoms with Gasteiger partial charge in [-0.05, 0) is 6.92 Å². The number of nitrogens with two attached hydrogens (primary N) is 1. The minimum atomic E-state index is -0.763. The summed E-state index contributed by atoms with van der Waals surface area (Å²) >= 11 is 0. The van der Waals surface area contributed by atoms with Gasteiger partial charge in [-0.15, -0.1) is 0 Å². The molecule has 0 aromatic carbocycles. The van der Waals surface area contributed by atoms with Crippen molar-refractivity contribution in [3.63, 3.8) is 0 Å². The van der Waals surface area contributed by atoms with Crippen LogP contribution in [-0.4, -0.2) is 17.0 Å². The molecule has 3 N–H and O–H groups in total. The average molecular weight is 156 g/mol. The van der Waals surface area contributed by atoms with Crippen molar-refractivity contribution in [2.24, 2.45) is 0 Å². The highest BCUT2D eigenvalue weighted by Crippen LogP contribution is 2.16. The Kier molecular flexibility index (Phi) is 1.89. The molecule has 11 heavy (non-hydrogen) atoms. The number of nitrogens with zero attached hydrogens (tertiary/aromatic N) is 2. The van der Waals surface area contributed by atoms with Crippen molar-refractivity contribution in [2.75, 3.05) is 18.1 Å². The van der Waals surface area contributed by atoms with Gasteiger partial charge < -0.3 is 11.1 Å². The highest BCUT2D eigenvalue weighted by atomic mass is 19.1. The zero-order valence-electron chi connectivity index (χ0n) is 6.35. The van der Waals surface area contributed by atoms with Crippen LogP contribution in [0.3, 0.4) is 0 Å². The summed E-state index contributed by atoms with van der Waals surface area (Å²) in [5.41, 5.74) is 6.34. The van der Waals surface area contributed by atoms with Gasteiger partial charge >= 0.3 is 6.08 Å². The van der Waals surface area contributed by atoms with Gasteiger partial charge in [-0.25, -0.2) is 4.98 Å². The third-order valence-corrected chi connectivity index (χ3v) is 1.35. The molecular formula is C6H9FN4. The Bertz CT molecular complexity index is 274. The van der Waals surface area contributed by atoms with Crippen molar-refractivity contribution in [1.29, 1.82) is 0 Å². The topological polar surface area (TPSA) is 63.8 Å². The first kappa shape index (κ1) is 7.71. The van der Waals surface area contributed by atoms with E-state index in [9.17, 15) is 4.39 Å². The van der Waals surface area contributed by atoms with E-state index in [0.29, 0.717) is 17.2 Å². The van der Waals surface area contributed by atoms with E-state index in [1.165, 1.54) is 0 Å². The van der Waals surface area contributed by atoms with Crippen LogP contribution in [0.5, 0.6) is 0 Å². The van der Waals surface area contributed by atoms with Crippen LogP contribution in [0, 0.1) is 13.0 Å². The van der Waals surface area contributed by atoms with E-state index >= 15 is 0 Å². The zero-order chi connectivity index (χ0) is 8.43. The number of hydrogen-bond donors (Lipinski definition) is 2. The van der Waals surface area contributed by atoms with Crippen LogP contribution in [0.25, 0.3) is 0 Å². The molecule has 0 saturated heterocycles. The number of hydrogen-bond acceptors (Lipinski definition) is 4. The zero-order valence-corrected chi connectivity index (χ0v) is 6.35. The first-order valence-electron chi connectivity index (χ1n) is 3.12. The summed E-state index contributed by atoms with van der Waals surface area (Å²) in [6.07, 6.45) is -0.763. The number of nitrogen functional groups attached to an aromatic ring is 1. The van der Waals surface area contributed by atoms with Gasteiger partial charge in [-0.1, -0.05) is 0 Å². The van der Waals surface area contributed by atoms with E-state index in [2.05, 4.69) is 15.3 Å². The number of halogens is 1. The number of nitrogens with one attached hydrogen (secondary N) is 1. The normalized spacial score (nSPS) is 9.73. The maximum absolute atomic E-state index is 12.5. The molecule has 1 aromatic heterocycles. The van der Waals surface area contributed by atoms with Crippen LogP contribution in [0.1, 0.15) is 5.69 Å². The summed E-state index contributed by atoms with van der Waals surface area (Å²) in [6, 6.07) is 0. The van der Waals surface area contributed by atoms with Gasteiger partial charge in [0.25, 0.3) is 0 Å². The Balaban J connectivity index is 3.24. The molecule has 0 fully saturated rings. The van der Waals surface area contributed by atoms with Crippen LogP contribution < -0.4 is 11.1 Å². The second-order valence-corrected chi connectivity index (χ2v) is 2.09. The van der Waals surface area contributed by atoms with Gasteiger partial charge in [0.2, 0.25) is 0 Å². The molecule has 0 spiro atoms. The van der Waals surface area contributed by atoms with Crippen LogP contribution in [0.4, 0.5) is 15.9 Å². The van der Waals surface area contributed by atoms with Crippen molar-refractivity contribution in [3.8, 4) is 0 Å². The first-order valence-corrected chi connectivity index (χ1v) is 3.12. The van der Waals surface area contributed by atoms with Gasteiger partial charge in [0.05, 0.1) is 11.4 Å². The predicted octanol–water partition coefficient (Wildman–Crippen LogP) is 0.548.